The van der Waals surface area contributed by atoms with Gasteiger partial charge in [-0.05, 0) is 43.2 Å². The monoisotopic (exact) mass is 299 g/mol. The molecule has 0 unspecified atom stereocenters. The van der Waals surface area contributed by atoms with Gasteiger partial charge in [0.15, 0.2) is 0 Å². The smallest absolute Gasteiger partial charge is 0.240 e. The number of hydrogen-bond donors (Lipinski definition) is 2. The van der Waals surface area contributed by atoms with E-state index < -0.39 is 0 Å². The summed E-state index contributed by atoms with van der Waals surface area (Å²) in [6, 6.07) is 8.67. The number of carbonyl (C=O) groups excluding carboxylic acids is 2. The second-order valence-corrected chi connectivity index (χ2v) is 5.99. The van der Waals surface area contributed by atoms with Crippen LogP contribution in [-0.2, 0) is 22.4 Å². The van der Waals surface area contributed by atoms with Gasteiger partial charge in [-0.3, -0.25) is 9.59 Å². The van der Waals surface area contributed by atoms with E-state index in [0.717, 1.165) is 25.0 Å². The molecule has 2 aliphatic rings. The van der Waals surface area contributed by atoms with Crippen LogP contribution in [0.1, 0.15) is 43.2 Å². The summed E-state index contributed by atoms with van der Waals surface area (Å²) in [7, 11) is 0. The van der Waals surface area contributed by atoms with Crippen LogP contribution < -0.4 is 10.7 Å². The molecule has 5 nitrogen and oxygen atoms in total. The van der Waals surface area contributed by atoms with Crippen LogP contribution in [0.25, 0.3) is 0 Å². The number of nitrogens with zero attached hydrogens (tertiary/aromatic N) is 1. The summed E-state index contributed by atoms with van der Waals surface area (Å²) in [6.07, 6.45) is 5.14. The van der Waals surface area contributed by atoms with Gasteiger partial charge in [0.05, 0.1) is 0 Å². The standard InChI is InChI=1S/C17H21N3O2/c21-16(9-7-14-8-10-17(22)20-19-14)18-15-6-5-12-3-1-2-4-13(12)11-15/h1-4,15H,5-11H2,(H,18,21)(H,20,22)/t15-/m0/s1. The molecule has 22 heavy (non-hydrogen) atoms. The highest BCUT2D eigenvalue weighted by molar-refractivity contribution is 5.94. The Labute approximate surface area is 130 Å². The average Bonchev–Trinajstić information content (AvgIpc) is 2.54. The Bertz CT molecular complexity index is 610. The van der Waals surface area contributed by atoms with E-state index in [2.05, 4.69) is 40.1 Å². The van der Waals surface area contributed by atoms with Crippen LogP contribution in [0.3, 0.4) is 0 Å². The molecule has 0 saturated heterocycles. The Morgan fingerprint density at radius 3 is 2.82 bits per heavy atom. The molecule has 0 fully saturated rings. The third-order valence-electron chi connectivity index (χ3n) is 4.33. The maximum Gasteiger partial charge on any atom is 0.240 e. The largest absolute Gasteiger partial charge is 0.353 e. The molecule has 1 aliphatic heterocycles. The summed E-state index contributed by atoms with van der Waals surface area (Å²) in [5.74, 6) is 0.0260. The summed E-state index contributed by atoms with van der Waals surface area (Å²) in [5.41, 5.74) is 6.12. The number of nitrogens with one attached hydrogen (secondary N) is 2. The molecular weight excluding hydrogens is 278 g/mol. The summed E-state index contributed by atoms with van der Waals surface area (Å²) < 4.78 is 0. The van der Waals surface area contributed by atoms with Crippen LogP contribution in [0.15, 0.2) is 29.4 Å². The fourth-order valence-electron chi connectivity index (χ4n) is 3.07. The number of benzene rings is 1. The van der Waals surface area contributed by atoms with Crippen molar-refractivity contribution < 1.29 is 9.59 Å². The van der Waals surface area contributed by atoms with E-state index in [-0.39, 0.29) is 17.9 Å². The normalized spacial score (nSPS) is 20.6. The maximum atomic E-state index is 12.1. The predicted molar refractivity (Wildman–Crippen MR) is 84.4 cm³/mol. The first-order chi connectivity index (χ1) is 10.7. The van der Waals surface area contributed by atoms with Crippen molar-refractivity contribution in [2.75, 3.05) is 0 Å². The lowest BCUT2D eigenvalue weighted by Gasteiger charge is -2.25. The van der Waals surface area contributed by atoms with E-state index in [9.17, 15) is 9.59 Å². The first kappa shape index (κ1) is 14.8. The number of amides is 2. The molecule has 0 bridgehead atoms. The molecule has 1 aromatic carbocycles. The number of hydrogen-bond acceptors (Lipinski definition) is 3. The second-order valence-electron chi connectivity index (χ2n) is 5.99. The molecule has 2 N–H and O–H groups in total. The minimum absolute atomic E-state index is 0.0472. The Balaban J connectivity index is 1.46. The summed E-state index contributed by atoms with van der Waals surface area (Å²) >= 11 is 0. The molecule has 0 radical (unpaired) electrons. The molecule has 116 valence electrons. The zero-order valence-corrected chi connectivity index (χ0v) is 12.6. The molecule has 2 amide bonds. The summed E-state index contributed by atoms with van der Waals surface area (Å²) in [6.45, 7) is 0. The molecule has 0 aromatic heterocycles. The van der Waals surface area contributed by atoms with Gasteiger partial charge in [-0.2, -0.15) is 5.10 Å². The van der Waals surface area contributed by atoms with Crippen LogP contribution in [-0.4, -0.2) is 23.6 Å². The van der Waals surface area contributed by atoms with Crippen LogP contribution in [0.2, 0.25) is 0 Å². The average molecular weight is 299 g/mol. The van der Waals surface area contributed by atoms with Crippen molar-refractivity contribution in [1.82, 2.24) is 10.7 Å². The van der Waals surface area contributed by atoms with Gasteiger partial charge in [0.25, 0.3) is 0 Å². The molecule has 5 heteroatoms. The van der Waals surface area contributed by atoms with Gasteiger partial charge < -0.3 is 5.32 Å². The molecule has 1 aliphatic carbocycles. The van der Waals surface area contributed by atoms with Crippen LogP contribution in [0.4, 0.5) is 0 Å². The Morgan fingerprint density at radius 1 is 1.23 bits per heavy atom. The van der Waals surface area contributed by atoms with Crippen molar-refractivity contribution in [2.45, 2.75) is 51.0 Å². The van der Waals surface area contributed by atoms with Gasteiger partial charge in [0.2, 0.25) is 11.8 Å². The Kier molecular flexibility index (Phi) is 4.51. The van der Waals surface area contributed by atoms with Crippen LogP contribution in [0, 0.1) is 0 Å². The second kappa shape index (κ2) is 6.73. The first-order valence-electron chi connectivity index (χ1n) is 7.91. The lowest BCUT2D eigenvalue weighted by atomic mass is 9.88. The SMILES string of the molecule is O=C1CCC(CCC(=O)N[C@H]2CCc3ccccc3C2)=NN1. The molecule has 3 rings (SSSR count). The first-order valence-corrected chi connectivity index (χ1v) is 7.91. The molecule has 1 aromatic rings. The van der Waals surface area contributed by atoms with Crippen molar-refractivity contribution in [1.29, 1.82) is 0 Å². The van der Waals surface area contributed by atoms with Crippen molar-refractivity contribution in [2.24, 2.45) is 5.10 Å². The molecular formula is C17H21N3O2. The highest BCUT2D eigenvalue weighted by Crippen LogP contribution is 2.21. The van der Waals surface area contributed by atoms with Gasteiger partial charge in [0, 0.05) is 24.6 Å². The summed E-state index contributed by atoms with van der Waals surface area (Å²) in [5, 5.41) is 7.12. The quantitative estimate of drug-likeness (QED) is 0.888. The highest BCUT2D eigenvalue weighted by atomic mass is 16.2. The van der Waals surface area contributed by atoms with Crippen molar-refractivity contribution in [3.8, 4) is 0 Å². The van der Waals surface area contributed by atoms with E-state index in [1.54, 1.807) is 0 Å². The molecule has 0 saturated carbocycles. The number of fused-ring (bicyclic) bond motifs is 1. The minimum Gasteiger partial charge on any atom is -0.353 e. The van der Waals surface area contributed by atoms with E-state index in [1.165, 1.54) is 11.1 Å². The van der Waals surface area contributed by atoms with Crippen molar-refractivity contribution in [3.05, 3.63) is 35.4 Å². The van der Waals surface area contributed by atoms with Crippen molar-refractivity contribution in [3.63, 3.8) is 0 Å². The number of carbonyl (C=O) groups is 2. The number of hydrazone groups is 1. The fourth-order valence-corrected chi connectivity index (χ4v) is 3.07. The fraction of sp³-hybridized carbons (Fsp3) is 0.471. The number of aryl methyl sites for hydroxylation is 1. The maximum absolute atomic E-state index is 12.1. The van der Waals surface area contributed by atoms with Gasteiger partial charge in [-0.1, -0.05) is 24.3 Å². The zero-order chi connectivity index (χ0) is 15.4. The van der Waals surface area contributed by atoms with E-state index in [1.807, 2.05) is 0 Å². The van der Waals surface area contributed by atoms with Gasteiger partial charge >= 0.3 is 0 Å². The van der Waals surface area contributed by atoms with Gasteiger partial charge in [0.1, 0.15) is 0 Å². The van der Waals surface area contributed by atoms with E-state index in [4.69, 9.17) is 0 Å². The minimum atomic E-state index is -0.0472. The van der Waals surface area contributed by atoms with E-state index in [0.29, 0.717) is 25.7 Å². The predicted octanol–water partition coefficient (Wildman–Crippen LogP) is 1.71. The van der Waals surface area contributed by atoms with Gasteiger partial charge in [-0.15, -0.1) is 0 Å². The third kappa shape index (κ3) is 3.72. The third-order valence-corrected chi connectivity index (χ3v) is 4.33. The molecule has 0 spiro atoms. The van der Waals surface area contributed by atoms with E-state index >= 15 is 0 Å². The molecule has 1 atom stereocenters. The topological polar surface area (TPSA) is 70.6 Å². The van der Waals surface area contributed by atoms with Crippen LogP contribution >= 0.6 is 0 Å². The van der Waals surface area contributed by atoms with Crippen molar-refractivity contribution >= 4 is 17.5 Å². The Hall–Kier alpha value is -2.17. The lowest BCUT2D eigenvalue weighted by molar-refractivity contribution is -0.122. The van der Waals surface area contributed by atoms with Crippen LogP contribution in [0.5, 0.6) is 0 Å². The lowest BCUT2D eigenvalue weighted by Crippen LogP contribution is -2.39. The Morgan fingerprint density at radius 2 is 2.05 bits per heavy atom. The highest BCUT2D eigenvalue weighted by Gasteiger charge is 2.20. The summed E-state index contributed by atoms with van der Waals surface area (Å²) in [4.78, 5) is 23.1. The van der Waals surface area contributed by atoms with Gasteiger partial charge in [-0.25, -0.2) is 5.43 Å². The zero-order valence-electron chi connectivity index (χ0n) is 12.6. The number of rotatable bonds is 4. The molecule has 1 heterocycles.